The number of amides is 1. The molecule has 0 aliphatic carbocycles. The Morgan fingerprint density at radius 2 is 1.81 bits per heavy atom. The summed E-state index contributed by atoms with van der Waals surface area (Å²) in [7, 11) is 0. The van der Waals surface area contributed by atoms with Gasteiger partial charge in [0.2, 0.25) is 0 Å². The molecule has 0 spiro atoms. The second kappa shape index (κ2) is 8.86. The fourth-order valence-corrected chi connectivity index (χ4v) is 3.63. The van der Waals surface area contributed by atoms with Crippen LogP contribution in [0.3, 0.4) is 0 Å². The van der Waals surface area contributed by atoms with Gasteiger partial charge in [-0.15, -0.1) is 0 Å². The van der Waals surface area contributed by atoms with Crippen LogP contribution in [0.15, 0.2) is 47.2 Å². The number of nitrogens with zero attached hydrogens (tertiary/aromatic N) is 6. The lowest BCUT2D eigenvalue weighted by molar-refractivity contribution is 0.102. The Kier molecular flexibility index (Phi) is 6.17. The standard InChI is InChI=1S/C20H18BrCl2N7O/c1-12-18(21)13(2)30(25-12)11-28-8-7-17(26-28)20(31)24-19-16(23)10-29(27-19)9-14-3-5-15(22)6-4-14/h3-8,10H,9,11H2,1-2H3,(H,24,27,31). The lowest BCUT2D eigenvalue weighted by Gasteiger charge is -2.05. The van der Waals surface area contributed by atoms with Crippen LogP contribution >= 0.6 is 39.1 Å². The molecule has 0 aliphatic rings. The third-order valence-corrected chi connectivity index (χ3v) is 6.33. The number of nitrogens with one attached hydrogen (secondary N) is 1. The zero-order chi connectivity index (χ0) is 22.1. The van der Waals surface area contributed by atoms with Gasteiger partial charge in [-0.2, -0.15) is 15.3 Å². The van der Waals surface area contributed by atoms with E-state index >= 15 is 0 Å². The number of benzene rings is 1. The van der Waals surface area contributed by atoms with Gasteiger partial charge in [0, 0.05) is 17.4 Å². The first-order valence-electron chi connectivity index (χ1n) is 9.32. The van der Waals surface area contributed by atoms with Crippen molar-refractivity contribution >= 4 is 50.9 Å². The summed E-state index contributed by atoms with van der Waals surface area (Å²) in [6.07, 6.45) is 3.38. The summed E-state index contributed by atoms with van der Waals surface area (Å²) in [5, 5.41) is 16.9. The van der Waals surface area contributed by atoms with E-state index in [1.54, 1.807) is 27.8 Å². The average Bonchev–Trinajstić information content (AvgIpc) is 3.40. The molecule has 0 saturated carbocycles. The quantitative estimate of drug-likeness (QED) is 0.395. The second-order valence-corrected chi connectivity index (χ2v) is 8.61. The highest BCUT2D eigenvalue weighted by Crippen LogP contribution is 2.22. The van der Waals surface area contributed by atoms with Gasteiger partial charge in [0.1, 0.15) is 11.7 Å². The van der Waals surface area contributed by atoms with Gasteiger partial charge in [-0.1, -0.05) is 35.3 Å². The van der Waals surface area contributed by atoms with E-state index in [4.69, 9.17) is 23.2 Å². The maximum absolute atomic E-state index is 12.6. The predicted octanol–water partition coefficient (Wildman–Crippen LogP) is 4.77. The predicted molar refractivity (Wildman–Crippen MR) is 123 cm³/mol. The Morgan fingerprint density at radius 3 is 2.48 bits per heavy atom. The Bertz CT molecular complexity index is 1240. The van der Waals surface area contributed by atoms with E-state index in [1.165, 1.54) is 0 Å². The van der Waals surface area contributed by atoms with Gasteiger partial charge >= 0.3 is 0 Å². The van der Waals surface area contributed by atoms with E-state index < -0.39 is 5.91 Å². The zero-order valence-corrected chi connectivity index (χ0v) is 19.8. The van der Waals surface area contributed by atoms with Crippen molar-refractivity contribution < 1.29 is 4.79 Å². The summed E-state index contributed by atoms with van der Waals surface area (Å²) >= 11 is 15.7. The third kappa shape index (κ3) is 4.84. The van der Waals surface area contributed by atoms with Gasteiger partial charge in [0.05, 0.1) is 22.4 Å². The Labute approximate surface area is 196 Å². The van der Waals surface area contributed by atoms with Gasteiger partial charge in [-0.25, -0.2) is 4.68 Å². The van der Waals surface area contributed by atoms with Crippen molar-refractivity contribution in [3.63, 3.8) is 0 Å². The molecule has 0 saturated heterocycles. The summed E-state index contributed by atoms with van der Waals surface area (Å²) in [6, 6.07) is 9.07. The van der Waals surface area contributed by atoms with Crippen molar-refractivity contribution in [1.29, 1.82) is 0 Å². The van der Waals surface area contributed by atoms with Gasteiger partial charge in [0.25, 0.3) is 5.91 Å². The number of halogens is 3. The molecule has 4 rings (SSSR count). The minimum atomic E-state index is -0.396. The van der Waals surface area contributed by atoms with E-state index in [-0.39, 0.29) is 11.5 Å². The summed E-state index contributed by atoms with van der Waals surface area (Å²) in [6.45, 7) is 4.77. The summed E-state index contributed by atoms with van der Waals surface area (Å²) < 4.78 is 6.06. The molecule has 11 heteroatoms. The van der Waals surface area contributed by atoms with Crippen molar-refractivity contribution in [1.82, 2.24) is 29.3 Å². The highest BCUT2D eigenvalue weighted by molar-refractivity contribution is 9.10. The average molecular weight is 523 g/mol. The highest BCUT2D eigenvalue weighted by Gasteiger charge is 2.16. The molecular weight excluding hydrogens is 505 g/mol. The topological polar surface area (TPSA) is 82.6 Å². The van der Waals surface area contributed by atoms with Crippen LogP contribution in [0.5, 0.6) is 0 Å². The van der Waals surface area contributed by atoms with E-state index in [1.807, 2.05) is 42.8 Å². The molecule has 0 radical (unpaired) electrons. The molecule has 1 aromatic carbocycles. The molecule has 0 unspecified atom stereocenters. The van der Waals surface area contributed by atoms with E-state index in [0.29, 0.717) is 23.3 Å². The van der Waals surface area contributed by atoms with Crippen molar-refractivity contribution in [2.75, 3.05) is 5.32 Å². The third-order valence-electron chi connectivity index (χ3n) is 4.65. The molecule has 0 aliphatic heterocycles. The largest absolute Gasteiger partial charge is 0.302 e. The number of rotatable bonds is 6. The van der Waals surface area contributed by atoms with Crippen LogP contribution in [0.1, 0.15) is 27.4 Å². The van der Waals surface area contributed by atoms with Crippen LogP contribution in [-0.2, 0) is 13.2 Å². The Hall–Kier alpha value is -2.62. The summed E-state index contributed by atoms with van der Waals surface area (Å²) in [5.41, 5.74) is 3.14. The minimum Gasteiger partial charge on any atom is -0.302 e. The molecule has 160 valence electrons. The molecule has 0 fully saturated rings. The smallest absolute Gasteiger partial charge is 0.277 e. The summed E-state index contributed by atoms with van der Waals surface area (Å²) in [5.74, 6) is -0.121. The molecule has 8 nitrogen and oxygen atoms in total. The maximum atomic E-state index is 12.6. The number of aryl methyl sites for hydroxylation is 1. The van der Waals surface area contributed by atoms with Crippen LogP contribution in [0.25, 0.3) is 0 Å². The number of carbonyl (C=O) groups excluding carboxylic acids is 1. The van der Waals surface area contributed by atoms with E-state index in [0.717, 1.165) is 21.4 Å². The van der Waals surface area contributed by atoms with Crippen LogP contribution in [0.4, 0.5) is 5.82 Å². The SMILES string of the molecule is Cc1nn(Cn2ccc(C(=O)Nc3nn(Cc4ccc(Cl)cc4)cc3Cl)n2)c(C)c1Br. The highest BCUT2D eigenvalue weighted by atomic mass is 79.9. The molecule has 1 N–H and O–H groups in total. The first kappa shape index (κ1) is 21.6. The maximum Gasteiger partial charge on any atom is 0.277 e. The van der Waals surface area contributed by atoms with Gasteiger partial charge < -0.3 is 5.32 Å². The molecular formula is C20H18BrCl2N7O. The van der Waals surface area contributed by atoms with Crippen molar-refractivity contribution in [2.45, 2.75) is 27.1 Å². The molecule has 4 aromatic rings. The van der Waals surface area contributed by atoms with Gasteiger partial charge in [0.15, 0.2) is 11.5 Å². The van der Waals surface area contributed by atoms with Crippen LogP contribution in [0, 0.1) is 13.8 Å². The lowest BCUT2D eigenvalue weighted by Crippen LogP contribution is -2.16. The lowest BCUT2D eigenvalue weighted by atomic mass is 10.2. The molecule has 3 heterocycles. The second-order valence-electron chi connectivity index (χ2n) is 6.97. The Balaban J connectivity index is 1.43. The molecule has 3 aromatic heterocycles. The van der Waals surface area contributed by atoms with Crippen LogP contribution in [0.2, 0.25) is 10.0 Å². The summed E-state index contributed by atoms with van der Waals surface area (Å²) in [4.78, 5) is 12.6. The molecule has 31 heavy (non-hydrogen) atoms. The Morgan fingerprint density at radius 1 is 1.06 bits per heavy atom. The fourth-order valence-electron chi connectivity index (χ4n) is 3.02. The zero-order valence-electron chi connectivity index (χ0n) is 16.7. The monoisotopic (exact) mass is 521 g/mol. The molecule has 1 amide bonds. The number of hydrogen-bond donors (Lipinski definition) is 1. The fraction of sp³-hybridized carbons (Fsp3) is 0.200. The van der Waals surface area contributed by atoms with Crippen LogP contribution < -0.4 is 5.32 Å². The number of carbonyl (C=O) groups is 1. The van der Waals surface area contributed by atoms with Gasteiger partial charge in [-0.05, 0) is 53.5 Å². The van der Waals surface area contributed by atoms with Crippen molar-refractivity contribution in [2.24, 2.45) is 0 Å². The van der Waals surface area contributed by atoms with Crippen LogP contribution in [-0.4, -0.2) is 35.2 Å². The number of aromatic nitrogens is 6. The molecule has 0 atom stereocenters. The van der Waals surface area contributed by atoms with Gasteiger partial charge in [-0.3, -0.25) is 14.2 Å². The normalized spacial score (nSPS) is 11.1. The first-order valence-corrected chi connectivity index (χ1v) is 10.9. The van der Waals surface area contributed by atoms with E-state index in [9.17, 15) is 4.79 Å². The van der Waals surface area contributed by atoms with Crippen molar-refractivity contribution in [3.8, 4) is 0 Å². The first-order chi connectivity index (χ1) is 14.8. The van der Waals surface area contributed by atoms with E-state index in [2.05, 4.69) is 36.5 Å². The molecule has 0 bridgehead atoms. The number of hydrogen-bond acceptors (Lipinski definition) is 4. The minimum absolute atomic E-state index is 0.254. The number of anilines is 1. The van der Waals surface area contributed by atoms with Crippen molar-refractivity contribution in [3.05, 3.63) is 79.9 Å².